The van der Waals surface area contributed by atoms with Gasteiger partial charge in [0.2, 0.25) is 0 Å². The molecular formula is C22H24N2O4. The number of benzene rings is 2. The Kier molecular flexibility index (Phi) is 6.09. The maximum atomic E-state index is 12.2. The minimum absolute atomic E-state index is 0.114. The molecule has 3 rings (SSSR count). The molecule has 146 valence electrons. The van der Waals surface area contributed by atoms with Gasteiger partial charge in [-0.05, 0) is 73.2 Å². The van der Waals surface area contributed by atoms with E-state index in [1.807, 2.05) is 12.1 Å². The molecule has 0 fully saturated rings. The number of rotatable bonds is 5. The third-order valence-corrected chi connectivity index (χ3v) is 4.74. The molecule has 0 spiro atoms. The van der Waals surface area contributed by atoms with Gasteiger partial charge in [-0.15, -0.1) is 0 Å². The summed E-state index contributed by atoms with van der Waals surface area (Å²) in [5.74, 6) is -1.05. The van der Waals surface area contributed by atoms with E-state index in [2.05, 4.69) is 5.32 Å². The van der Waals surface area contributed by atoms with Gasteiger partial charge in [0.25, 0.3) is 11.8 Å². The highest BCUT2D eigenvalue weighted by Crippen LogP contribution is 2.22. The SMILES string of the molecule is CN(C)C(=O)c1ccc(NC(=O)COC(=O)c2ccc3c(c2)CCCC3)cc1. The topological polar surface area (TPSA) is 75.7 Å². The van der Waals surface area contributed by atoms with Crippen molar-refractivity contribution in [3.8, 4) is 0 Å². The van der Waals surface area contributed by atoms with Gasteiger partial charge in [0, 0.05) is 25.3 Å². The normalized spacial score (nSPS) is 12.6. The van der Waals surface area contributed by atoms with Gasteiger partial charge in [-0.2, -0.15) is 0 Å². The molecule has 0 atom stereocenters. The largest absolute Gasteiger partial charge is 0.452 e. The maximum Gasteiger partial charge on any atom is 0.338 e. The van der Waals surface area contributed by atoms with Crippen LogP contribution in [0.4, 0.5) is 5.69 Å². The van der Waals surface area contributed by atoms with Gasteiger partial charge in [-0.3, -0.25) is 9.59 Å². The number of fused-ring (bicyclic) bond motifs is 1. The van der Waals surface area contributed by atoms with E-state index in [1.54, 1.807) is 44.4 Å². The van der Waals surface area contributed by atoms with E-state index in [-0.39, 0.29) is 12.5 Å². The highest BCUT2D eigenvalue weighted by molar-refractivity contribution is 5.97. The van der Waals surface area contributed by atoms with Crippen LogP contribution in [0.3, 0.4) is 0 Å². The second kappa shape index (κ2) is 8.69. The molecule has 0 bridgehead atoms. The van der Waals surface area contributed by atoms with Crippen molar-refractivity contribution in [1.82, 2.24) is 4.90 Å². The molecular weight excluding hydrogens is 356 g/mol. The zero-order valence-corrected chi connectivity index (χ0v) is 16.2. The summed E-state index contributed by atoms with van der Waals surface area (Å²) < 4.78 is 5.13. The first-order valence-corrected chi connectivity index (χ1v) is 9.34. The molecule has 0 unspecified atom stereocenters. The number of nitrogens with one attached hydrogen (secondary N) is 1. The van der Waals surface area contributed by atoms with Crippen LogP contribution >= 0.6 is 0 Å². The second-order valence-corrected chi connectivity index (χ2v) is 7.09. The monoisotopic (exact) mass is 380 g/mol. The molecule has 0 heterocycles. The van der Waals surface area contributed by atoms with Crippen LogP contribution in [0, 0.1) is 0 Å². The van der Waals surface area contributed by atoms with Crippen LogP contribution in [-0.2, 0) is 22.4 Å². The predicted molar refractivity (Wildman–Crippen MR) is 106 cm³/mol. The van der Waals surface area contributed by atoms with Crippen LogP contribution in [0.15, 0.2) is 42.5 Å². The standard InChI is InChI=1S/C22H24N2O4/c1-24(2)21(26)16-9-11-19(12-10-16)23-20(25)14-28-22(27)18-8-7-15-5-3-4-6-17(15)13-18/h7-13H,3-6,14H2,1-2H3,(H,23,25). The minimum Gasteiger partial charge on any atom is -0.452 e. The van der Waals surface area contributed by atoms with Crippen LogP contribution < -0.4 is 5.32 Å². The lowest BCUT2D eigenvalue weighted by Crippen LogP contribution is -2.22. The van der Waals surface area contributed by atoms with Crippen molar-refractivity contribution < 1.29 is 19.1 Å². The van der Waals surface area contributed by atoms with E-state index in [1.165, 1.54) is 22.4 Å². The number of carbonyl (C=O) groups excluding carboxylic acids is 3. The van der Waals surface area contributed by atoms with E-state index in [0.29, 0.717) is 16.8 Å². The number of nitrogens with zero attached hydrogens (tertiary/aromatic N) is 1. The molecule has 1 aliphatic carbocycles. The third kappa shape index (κ3) is 4.76. The van der Waals surface area contributed by atoms with Gasteiger partial charge in [-0.25, -0.2) is 4.79 Å². The van der Waals surface area contributed by atoms with Crippen molar-refractivity contribution >= 4 is 23.5 Å². The van der Waals surface area contributed by atoms with E-state index < -0.39 is 11.9 Å². The molecule has 0 saturated carbocycles. The van der Waals surface area contributed by atoms with Crippen molar-refractivity contribution in [3.63, 3.8) is 0 Å². The van der Waals surface area contributed by atoms with Gasteiger partial charge in [0.1, 0.15) is 0 Å². The van der Waals surface area contributed by atoms with Crippen LogP contribution in [0.5, 0.6) is 0 Å². The van der Waals surface area contributed by atoms with E-state index in [0.717, 1.165) is 19.3 Å². The Morgan fingerprint density at radius 3 is 2.25 bits per heavy atom. The second-order valence-electron chi connectivity index (χ2n) is 7.09. The summed E-state index contributed by atoms with van der Waals surface area (Å²) in [6.07, 6.45) is 4.34. The zero-order valence-electron chi connectivity index (χ0n) is 16.2. The zero-order chi connectivity index (χ0) is 20.1. The molecule has 0 saturated heterocycles. The highest BCUT2D eigenvalue weighted by atomic mass is 16.5. The molecule has 28 heavy (non-hydrogen) atoms. The fourth-order valence-electron chi connectivity index (χ4n) is 3.23. The summed E-state index contributed by atoms with van der Waals surface area (Å²) in [5, 5.41) is 2.65. The van der Waals surface area contributed by atoms with E-state index >= 15 is 0 Å². The van der Waals surface area contributed by atoms with Gasteiger partial charge in [-0.1, -0.05) is 6.07 Å². The molecule has 2 amide bonds. The molecule has 2 aromatic rings. The molecule has 0 radical (unpaired) electrons. The fourth-order valence-corrected chi connectivity index (χ4v) is 3.23. The summed E-state index contributed by atoms with van der Waals surface area (Å²) in [4.78, 5) is 37.6. The van der Waals surface area contributed by atoms with Crippen molar-refractivity contribution in [2.75, 3.05) is 26.0 Å². The minimum atomic E-state index is -0.504. The number of esters is 1. The third-order valence-electron chi connectivity index (χ3n) is 4.74. The summed E-state index contributed by atoms with van der Waals surface area (Å²) in [5.41, 5.74) is 4.02. The Hall–Kier alpha value is -3.15. The Balaban J connectivity index is 1.52. The average Bonchev–Trinajstić information content (AvgIpc) is 2.71. The Bertz CT molecular complexity index is 888. The number of amides is 2. The Labute approximate surface area is 164 Å². The molecule has 2 aromatic carbocycles. The summed E-state index contributed by atoms with van der Waals surface area (Å²) in [7, 11) is 3.35. The number of hydrogen-bond acceptors (Lipinski definition) is 4. The number of ether oxygens (including phenoxy) is 1. The molecule has 1 N–H and O–H groups in total. The summed E-state index contributed by atoms with van der Waals surface area (Å²) >= 11 is 0. The number of carbonyl (C=O) groups is 3. The van der Waals surface area contributed by atoms with Crippen LogP contribution in [-0.4, -0.2) is 43.4 Å². The van der Waals surface area contributed by atoms with Crippen LogP contribution in [0.1, 0.15) is 44.7 Å². The van der Waals surface area contributed by atoms with Gasteiger partial charge < -0.3 is 15.0 Å². The molecule has 0 aromatic heterocycles. The van der Waals surface area contributed by atoms with Crippen molar-refractivity contribution in [2.24, 2.45) is 0 Å². The Morgan fingerprint density at radius 1 is 0.929 bits per heavy atom. The number of anilines is 1. The first kappa shape index (κ1) is 19.6. The highest BCUT2D eigenvalue weighted by Gasteiger charge is 2.15. The van der Waals surface area contributed by atoms with Crippen LogP contribution in [0.25, 0.3) is 0 Å². The summed E-state index contributed by atoms with van der Waals surface area (Å²) in [6, 6.07) is 12.1. The lowest BCUT2D eigenvalue weighted by atomic mass is 9.90. The molecule has 6 nitrogen and oxygen atoms in total. The molecule has 0 aliphatic heterocycles. The Morgan fingerprint density at radius 2 is 1.57 bits per heavy atom. The number of aryl methyl sites for hydroxylation is 2. The first-order chi connectivity index (χ1) is 13.4. The van der Waals surface area contributed by atoms with Crippen molar-refractivity contribution in [3.05, 3.63) is 64.7 Å². The lowest BCUT2D eigenvalue weighted by Gasteiger charge is -2.16. The molecule has 6 heteroatoms. The van der Waals surface area contributed by atoms with Gasteiger partial charge in [0.15, 0.2) is 6.61 Å². The van der Waals surface area contributed by atoms with Crippen LogP contribution in [0.2, 0.25) is 0 Å². The first-order valence-electron chi connectivity index (χ1n) is 9.34. The molecule has 1 aliphatic rings. The van der Waals surface area contributed by atoms with Gasteiger partial charge >= 0.3 is 5.97 Å². The smallest absolute Gasteiger partial charge is 0.338 e. The van der Waals surface area contributed by atoms with Crippen molar-refractivity contribution in [2.45, 2.75) is 25.7 Å². The maximum absolute atomic E-state index is 12.2. The van der Waals surface area contributed by atoms with Gasteiger partial charge in [0.05, 0.1) is 5.56 Å². The predicted octanol–water partition coefficient (Wildman–Crippen LogP) is 3.06. The van der Waals surface area contributed by atoms with E-state index in [9.17, 15) is 14.4 Å². The van der Waals surface area contributed by atoms with Crippen molar-refractivity contribution in [1.29, 1.82) is 0 Å². The number of hydrogen-bond donors (Lipinski definition) is 1. The summed E-state index contributed by atoms with van der Waals surface area (Å²) in [6.45, 7) is -0.367. The average molecular weight is 380 g/mol. The lowest BCUT2D eigenvalue weighted by molar-refractivity contribution is -0.119. The van der Waals surface area contributed by atoms with E-state index in [4.69, 9.17) is 4.74 Å². The quantitative estimate of drug-likeness (QED) is 0.809. The fraction of sp³-hybridized carbons (Fsp3) is 0.318.